The zero-order chi connectivity index (χ0) is 32.9. The average molecular weight is 625 g/mol. The summed E-state index contributed by atoms with van der Waals surface area (Å²) < 4.78 is 20.9. The van der Waals surface area contributed by atoms with Gasteiger partial charge >= 0.3 is 5.97 Å². The van der Waals surface area contributed by atoms with Crippen LogP contribution < -0.4 is 14.9 Å². The SMILES string of the molecule is CC(=O)OC(C(O)Oc1cc(O)c2c(=O)c(OC(O)C(O)C(O)C(O)C=O)c(-c3ccc(O)cc3)oc2c1)C(O)C(O)C=O. The molecule has 0 aliphatic rings. The van der Waals surface area contributed by atoms with Crippen molar-refractivity contribution in [1.29, 1.82) is 0 Å². The molecule has 0 radical (unpaired) electrons. The van der Waals surface area contributed by atoms with Crippen molar-refractivity contribution in [2.75, 3.05) is 0 Å². The number of fused-ring (bicyclic) bond motifs is 1. The largest absolute Gasteiger partial charge is 0.508 e. The van der Waals surface area contributed by atoms with Crippen LogP contribution in [0.1, 0.15) is 6.92 Å². The van der Waals surface area contributed by atoms with Gasteiger partial charge in [0.25, 0.3) is 0 Å². The van der Waals surface area contributed by atoms with Gasteiger partial charge in [-0.3, -0.25) is 9.59 Å². The first-order valence-electron chi connectivity index (χ1n) is 12.5. The number of ether oxygens (including phenoxy) is 3. The predicted molar refractivity (Wildman–Crippen MR) is 142 cm³/mol. The van der Waals surface area contributed by atoms with E-state index in [2.05, 4.69) is 0 Å². The van der Waals surface area contributed by atoms with Crippen molar-refractivity contribution in [2.45, 2.75) is 56.1 Å². The molecule has 17 nitrogen and oxygen atoms in total. The van der Waals surface area contributed by atoms with Crippen LogP contribution in [0.5, 0.6) is 23.0 Å². The first kappa shape index (κ1) is 33.9. The molecule has 0 saturated heterocycles. The van der Waals surface area contributed by atoms with Gasteiger partial charge < -0.3 is 74.2 Å². The van der Waals surface area contributed by atoms with Gasteiger partial charge in [0.2, 0.25) is 23.8 Å². The fourth-order valence-electron chi connectivity index (χ4n) is 3.85. The lowest BCUT2D eigenvalue weighted by molar-refractivity contribution is -0.194. The van der Waals surface area contributed by atoms with Crippen LogP contribution in [-0.2, 0) is 19.1 Å². The van der Waals surface area contributed by atoms with E-state index < -0.39 is 94.6 Å². The number of rotatable bonds is 14. The molecule has 44 heavy (non-hydrogen) atoms. The highest BCUT2D eigenvalue weighted by atomic mass is 16.6. The number of aliphatic hydroxyl groups excluding tert-OH is 7. The van der Waals surface area contributed by atoms with Crippen LogP contribution in [0.15, 0.2) is 45.6 Å². The Balaban J connectivity index is 2.12. The minimum absolute atomic E-state index is 0.0266. The molecule has 2 aromatic carbocycles. The molecule has 17 heteroatoms. The molecule has 1 aromatic heterocycles. The van der Waals surface area contributed by atoms with Crippen molar-refractivity contribution in [3.8, 4) is 34.3 Å². The zero-order valence-corrected chi connectivity index (χ0v) is 22.5. The van der Waals surface area contributed by atoms with Crippen LogP contribution in [0.3, 0.4) is 0 Å². The van der Waals surface area contributed by atoms with E-state index in [-0.39, 0.29) is 23.9 Å². The fraction of sp³-hybridized carbons (Fsp3) is 0.333. The predicted octanol–water partition coefficient (Wildman–Crippen LogP) is -2.60. The third-order valence-electron chi connectivity index (χ3n) is 6.07. The van der Waals surface area contributed by atoms with Crippen molar-refractivity contribution in [3.63, 3.8) is 0 Å². The molecule has 0 spiro atoms. The number of phenolic OH excluding ortho intramolecular Hbond substituents is 2. The second-order valence-corrected chi connectivity index (χ2v) is 9.27. The van der Waals surface area contributed by atoms with Crippen LogP contribution in [0.2, 0.25) is 0 Å². The normalized spacial score (nSPS) is 16.9. The second kappa shape index (κ2) is 14.2. The maximum absolute atomic E-state index is 13.5. The maximum atomic E-state index is 13.5. The molecule has 8 unspecified atom stereocenters. The number of benzene rings is 2. The molecule has 0 saturated carbocycles. The number of hydrogen-bond donors (Lipinski definition) is 9. The van der Waals surface area contributed by atoms with Crippen molar-refractivity contribution in [2.24, 2.45) is 0 Å². The number of hydrogen-bond acceptors (Lipinski definition) is 17. The number of aromatic hydroxyl groups is 2. The summed E-state index contributed by atoms with van der Waals surface area (Å²) in [6, 6.07) is 6.58. The Bertz CT molecular complexity index is 1530. The molecule has 3 rings (SSSR count). The van der Waals surface area contributed by atoms with E-state index in [1.165, 1.54) is 24.3 Å². The number of carbonyl (C=O) groups excluding carboxylic acids is 3. The van der Waals surface area contributed by atoms with E-state index in [9.17, 15) is 65.1 Å². The van der Waals surface area contributed by atoms with E-state index in [0.29, 0.717) is 0 Å². The highest BCUT2D eigenvalue weighted by molar-refractivity contribution is 5.88. The van der Waals surface area contributed by atoms with E-state index >= 15 is 0 Å². The first-order chi connectivity index (χ1) is 20.7. The van der Waals surface area contributed by atoms with Gasteiger partial charge in [0, 0.05) is 24.6 Å². The lowest BCUT2D eigenvalue weighted by Crippen LogP contribution is -2.49. The minimum atomic E-state index is -2.44. The summed E-state index contributed by atoms with van der Waals surface area (Å²) in [5, 5.41) is 89.7. The van der Waals surface area contributed by atoms with Crippen LogP contribution in [0.25, 0.3) is 22.3 Å². The summed E-state index contributed by atoms with van der Waals surface area (Å²) in [6.07, 6.45) is -17.9. The maximum Gasteiger partial charge on any atom is 0.303 e. The van der Waals surface area contributed by atoms with E-state index in [1.54, 1.807) is 0 Å². The van der Waals surface area contributed by atoms with Gasteiger partial charge in [-0.05, 0) is 24.3 Å². The Labute approximate surface area is 245 Å². The quantitative estimate of drug-likeness (QED) is 0.0504. The molecule has 3 aromatic rings. The van der Waals surface area contributed by atoms with Crippen LogP contribution in [-0.4, -0.2) is 114 Å². The molecule has 238 valence electrons. The molecule has 0 fully saturated rings. The van der Waals surface area contributed by atoms with Crippen molar-refractivity contribution < 1.29 is 79.0 Å². The summed E-state index contributed by atoms with van der Waals surface area (Å²) >= 11 is 0. The van der Waals surface area contributed by atoms with Gasteiger partial charge in [0.15, 0.2) is 24.4 Å². The third-order valence-corrected chi connectivity index (χ3v) is 6.07. The van der Waals surface area contributed by atoms with Gasteiger partial charge in [-0.1, -0.05) is 0 Å². The van der Waals surface area contributed by atoms with Gasteiger partial charge in [-0.15, -0.1) is 0 Å². The molecule has 0 amide bonds. The van der Waals surface area contributed by atoms with Gasteiger partial charge in [0.05, 0.1) is 0 Å². The Kier molecular flexibility index (Phi) is 11.0. The average Bonchev–Trinajstić information content (AvgIpc) is 2.98. The standard InChI is InChI=1S/C27H28O17/c1-10(30)41-25(20(36)16(34)9-29)27(40)42-13-6-14(32)18-17(7-13)43-23(11-2-4-12(31)5-3-11)24(21(18)37)44-26(39)22(38)19(35)15(33)8-28/h2-9,15-16,19-20,22,25-27,31-36,38-40H,1H3. The summed E-state index contributed by atoms with van der Waals surface area (Å²) in [4.78, 5) is 46.6. The third kappa shape index (κ3) is 7.47. The number of carbonyl (C=O) groups is 3. The molecule has 0 bridgehead atoms. The highest BCUT2D eigenvalue weighted by Gasteiger charge is 2.37. The molecule has 0 aliphatic heterocycles. The number of phenols is 2. The molecule has 0 aliphatic carbocycles. The zero-order valence-electron chi connectivity index (χ0n) is 22.5. The Morgan fingerprint density at radius 2 is 1.41 bits per heavy atom. The molecular formula is C27H28O17. The van der Waals surface area contributed by atoms with Crippen molar-refractivity contribution >= 4 is 29.5 Å². The summed E-state index contributed by atoms with van der Waals surface area (Å²) in [5.41, 5.74) is -1.59. The Morgan fingerprint density at radius 3 is 1.98 bits per heavy atom. The van der Waals surface area contributed by atoms with Crippen LogP contribution in [0.4, 0.5) is 0 Å². The number of esters is 1. The Morgan fingerprint density at radius 1 is 0.818 bits per heavy atom. The molecular weight excluding hydrogens is 596 g/mol. The van der Waals surface area contributed by atoms with Gasteiger partial charge in [-0.2, -0.15) is 0 Å². The van der Waals surface area contributed by atoms with Crippen molar-refractivity contribution in [3.05, 3.63) is 46.6 Å². The molecule has 9 N–H and O–H groups in total. The van der Waals surface area contributed by atoms with E-state index in [0.717, 1.165) is 19.1 Å². The van der Waals surface area contributed by atoms with Crippen LogP contribution >= 0.6 is 0 Å². The minimum Gasteiger partial charge on any atom is -0.508 e. The first-order valence-corrected chi connectivity index (χ1v) is 12.5. The number of aliphatic hydroxyl groups is 7. The fourth-order valence-corrected chi connectivity index (χ4v) is 3.85. The lowest BCUT2D eigenvalue weighted by atomic mass is 10.1. The number of aldehydes is 2. The van der Waals surface area contributed by atoms with Crippen LogP contribution in [0, 0.1) is 0 Å². The highest BCUT2D eigenvalue weighted by Crippen LogP contribution is 2.37. The van der Waals surface area contributed by atoms with Gasteiger partial charge in [0.1, 0.15) is 58.7 Å². The topological polar surface area (TPSA) is 291 Å². The van der Waals surface area contributed by atoms with Gasteiger partial charge in [-0.25, -0.2) is 0 Å². The van der Waals surface area contributed by atoms with E-state index in [1.807, 2.05) is 0 Å². The lowest BCUT2D eigenvalue weighted by Gasteiger charge is -2.28. The summed E-state index contributed by atoms with van der Waals surface area (Å²) in [6.45, 7) is 0.905. The summed E-state index contributed by atoms with van der Waals surface area (Å²) in [5.74, 6) is -3.88. The molecule has 8 atom stereocenters. The summed E-state index contributed by atoms with van der Waals surface area (Å²) in [7, 11) is 0. The van der Waals surface area contributed by atoms with E-state index in [4.69, 9.17) is 18.6 Å². The smallest absolute Gasteiger partial charge is 0.303 e. The monoisotopic (exact) mass is 624 g/mol. The Hall–Kier alpha value is -4.62. The molecule has 1 heterocycles. The van der Waals surface area contributed by atoms with Crippen molar-refractivity contribution in [1.82, 2.24) is 0 Å². The second-order valence-electron chi connectivity index (χ2n) is 9.27.